The van der Waals surface area contributed by atoms with Crippen LogP contribution in [0.3, 0.4) is 0 Å². The fraction of sp³-hybridized carbons (Fsp3) is 0.857. The Kier molecular flexibility index (Phi) is 5.29. The smallest absolute Gasteiger partial charge is 0.404 e. The van der Waals surface area contributed by atoms with E-state index in [-0.39, 0.29) is 26.2 Å². The molecular formula is C7H13F2NO3. The van der Waals surface area contributed by atoms with Crippen molar-refractivity contribution in [1.29, 1.82) is 0 Å². The second-order valence-electron chi connectivity index (χ2n) is 2.60. The van der Waals surface area contributed by atoms with E-state index in [1.807, 2.05) is 0 Å². The number of carbonyl (C=O) groups is 1. The Morgan fingerprint density at radius 2 is 2.00 bits per heavy atom. The van der Waals surface area contributed by atoms with Gasteiger partial charge >= 0.3 is 6.09 Å². The predicted molar refractivity (Wildman–Crippen MR) is 41.6 cm³/mol. The quantitative estimate of drug-likeness (QED) is 0.649. The number of nitrogens with two attached hydrogens (primary N) is 1. The molecular weight excluding hydrogens is 184 g/mol. The molecule has 0 aromatic heterocycles. The minimum atomic E-state index is -2.72. The minimum Gasteiger partial charge on any atom is -0.447 e. The van der Waals surface area contributed by atoms with Crippen LogP contribution in [-0.4, -0.2) is 31.8 Å². The van der Waals surface area contributed by atoms with E-state index < -0.39 is 12.0 Å². The van der Waals surface area contributed by atoms with Crippen molar-refractivity contribution in [1.82, 2.24) is 0 Å². The largest absolute Gasteiger partial charge is 0.447 e. The maximum Gasteiger partial charge on any atom is 0.404 e. The van der Waals surface area contributed by atoms with Gasteiger partial charge in [0.2, 0.25) is 5.92 Å². The summed E-state index contributed by atoms with van der Waals surface area (Å²) in [7, 11) is 0. The molecule has 0 saturated carbocycles. The van der Waals surface area contributed by atoms with E-state index in [1.54, 1.807) is 0 Å². The van der Waals surface area contributed by atoms with E-state index in [1.165, 1.54) is 0 Å². The topological polar surface area (TPSA) is 61.6 Å². The molecule has 0 unspecified atom stereocenters. The molecule has 0 atom stereocenters. The van der Waals surface area contributed by atoms with Gasteiger partial charge in [-0.2, -0.15) is 0 Å². The summed E-state index contributed by atoms with van der Waals surface area (Å²) in [4.78, 5) is 10.0. The minimum absolute atomic E-state index is 0.00931. The standard InChI is InChI=1S/C7H13F2NO3/c1-7(8,9)2-3-12-4-5-13-6(10)11/h2-5H2,1H3,(H2,10,11). The highest BCUT2D eigenvalue weighted by molar-refractivity contribution is 5.64. The molecule has 1 amide bonds. The second-order valence-corrected chi connectivity index (χ2v) is 2.60. The SMILES string of the molecule is CC(F)(F)CCOCCOC(N)=O. The van der Waals surface area contributed by atoms with Crippen molar-refractivity contribution < 1.29 is 23.0 Å². The Balaban J connectivity index is 3.13. The van der Waals surface area contributed by atoms with Gasteiger partial charge in [-0.25, -0.2) is 13.6 Å². The summed E-state index contributed by atoms with van der Waals surface area (Å²) in [6.45, 7) is 0.825. The number of hydrogen-bond donors (Lipinski definition) is 1. The van der Waals surface area contributed by atoms with Gasteiger partial charge in [-0.05, 0) is 6.92 Å². The van der Waals surface area contributed by atoms with Crippen LogP contribution in [0.2, 0.25) is 0 Å². The second kappa shape index (κ2) is 5.69. The molecule has 4 nitrogen and oxygen atoms in total. The number of primary amides is 1. The molecule has 0 saturated heterocycles. The third-order valence-corrected chi connectivity index (χ3v) is 1.16. The molecule has 0 bridgehead atoms. The number of hydrogen-bond acceptors (Lipinski definition) is 3. The van der Waals surface area contributed by atoms with Gasteiger partial charge in [-0.1, -0.05) is 0 Å². The van der Waals surface area contributed by atoms with E-state index >= 15 is 0 Å². The highest BCUT2D eigenvalue weighted by Crippen LogP contribution is 2.15. The first-order chi connectivity index (χ1) is 5.92. The zero-order valence-electron chi connectivity index (χ0n) is 7.39. The van der Waals surface area contributed by atoms with Crippen LogP contribution in [0.25, 0.3) is 0 Å². The Hall–Kier alpha value is -0.910. The monoisotopic (exact) mass is 197 g/mol. The van der Waals surface area contributed by atoms with Crippen molar-refractivity contribution in [3.05, 3.63) is 0 Å². The average Bonchev–Trinajstić information content (AvgIpc) is 1.93. The van der Waals surface area contributed by atoms with E-state index in [0.717, 1.165) is 6.92 Å². The number of carbonyl (C=O) groups excluding carboxylic acids is 1. The Bertz CT molecular complexity index is 158. The number of halogens is 2. The van der Waals surface area contributed by atoms with Crippen molar-refractivity contribution >= 4 is 6.09 Å². The van der Waals surface area contributed by atoms with Crippen molar-refractivity contribution in [3.63, 3.8) is 0 Å². The van der Waals surface area contributed by atoms with Crippen molar-refractivity contribution in [2.45, 2.75) is 19.3 Å². The molecule has 0 heterocycles. The van der Waals surface area contributed by atoms with Crippen molar-refractivity contribution in [2.75, 3.05) is 19.8 Å². The predicted octanol–water partition coefficient (Wildman–Crippen LogP) is 1.14. The van der Waals surface area contributed by atoms with Crippen molar-refractivity contribution in [2.24, 2.45) is 5.73 Å². The third-order valence-electron chi connectivity index (χ3n) is 1.16. The molecule has 0 aromatic carbocycles. The summed E-state index contributed by atoms with van der Waals surface area (Å²) in [6.07, 6.45) is -1.24. The lowest BCUT2D eigenvalue weighted by atomic mass is 10.3. The first kappa shape index (κ1) is 12.1. The van der Waals surface area contributed by atoms with E-state index in [0.29, 0.717) is 0 Å². The Labute approximate surface area is 75.0 Å². The first-order valence-electron chi connectivity index (χ1n) is 3.79. The molecule has 78 valence electrons. The highest BCUT2D eigenvalue weighted by Gasteiger charge is 2.19. The molecule has 0 aromatic rings. The summed E-state index contributed by atoms with van der Waals surface area (Å²) >= 11 is 0. The molecule has 0 aliphatic carbocycles. The van der Waals surface area contributed by atoms with Gasteiger partial charge in [0.05, 0.1) is 13.2 Å². The van der Waals surface area contributed by atoms with Gasteiger partial charge in [0.25, 0.3) is 0 Å². The summed E-state index contributed by atoms with van der Waals surface area (Å²) in [5, 5.41) is 0. The van der Waals surface area contributed by atoms with Crippen LogP contribution in [-0.2, 0) is 9.47 Å². The van der Waals surface area contributed by atoms with E-state index in [2.05, 4.69) is 10.5 Å². The van der Waals surface area contributed by atoms with Crippen LogP contribution < -0.4 is 5.73 Å². The molecule has 6 heteroatoms. The fourth-order valence-corrected chi connectivity index (χ4v) is 0.555. The van der Waals surface area contributed by atoms with E-state index in [9.17, 15) is 13.6 Å². The molecule has 0 fully saturated rings. The number of rotatable bonds is 6. The van der Waals surface area contributed by atoms with Crippen molar-refractivity contribution in [3.8, 4) is 0 Å². The lowest BCUT2D eigenvalue weighted by Crippen LogP contribution is -2.18. The molecule has 0 spiro atoms. The van der Waals surface area contributed by atoms with Crippen LogP contribution in [0, 0.1) is 0 Å². The zero-order valence-corrected chi connectivity index (χ0v) is 7.39. The summed E-state index contributed by atoms with van der Waals surface area (Å²) in [5.74, 6) is -2.72. The maximum absolute atomic E-state index is 12.2. The van der Waals surface area contributed by atoms with Crippen LogP contribution in [0.15, 0.2) is 0 Å². The summed E-state index contributed by atoms with van der Waals surface area (Å²) in [5.41, 5.74) is 4.64. The molecule has 13 heavy (non-hydrogen) atoms. The first-order valence-corrected chi connectivity index (χ1v) is 3.79. The van der Waals surface area contributed by atoms with Gasteiger partial charge in [0.15, 0.2) is 0 Å². The highest BCUT2D eigenvalue weighted by atomic mass is 19.3. The molecule has 0 aliphatic heterocycles. The van der Waals surface area contributed by atoms with Crippen LogP contribution in [0.1, 0.15) is 13.3 Å². The zero-order chi connectivity index (χ0) is 10.3. The molecule has 0 rings (SSSR count). The maximum atomic E-state index is 12.2. The Morgan fingerprint density at radius 3 is 2.46 bits per heavy atom. The summed E-state index contributed by atoms with van der Waals surface area (Å²) < 4.78 is 33.4. The van der Waals surface area contributed by atoms with Gasteiger partial charge in [0, 0.05) is 6.42 Å². The van der Waals surface area contributed by atoms with Crippen LogP contribution in [0.4, 0.5) is 13.6 Å². The number of amides is 1. The van der Waals surface area contributed by atoms with Crippen LogP contribution >= 0.6 is 0 Å². The molecule has 2 N–H and O–H groups in total. The van der Waals surface area contributed by atoms with Gasteiger partial charge in [0.1, 0.15) is 6.61 Å². The Morgan fingerprint density at radius 1 is 1.38 bits per heavy atom. The third kappa shape index (κ3) is 11.1. The lowest BCUT2D eigenvalue weighted by molar-refractivity contribution is -0.0213. The number of ether oxygens (including phenoxy) is 2. The average molecular weight is 197 g/mol. The molecule has 0 radical (unpaired) electrons. The van der Waals surface area contributed by atoms with E-state index in [4.69, 9.17) is 4.74 Å². The number of alkyl halides is 2. The van der Waals surface area contributed by atoms with Gasteiger partial charge < -0.3 is 15.2 Å². The summed E-state index contributed by atoms with van der Waals surface area (Å²) in [6, 6.07) is 0. The van der Waals surface area contributed by atoms with Gasteiger partial charge in [-0.15, -0.1) is 0 Å². The van der Waals surface area contributed by atoms with Crippen LogP contribution in [0.5, 0.6) is 0 Å². The normalized spacial score (nSPS) is 11.3. The molecule has 0 aliphatic rings. The lowest BCUT2D eigenvalue weighted by Gasteiger charge is -2.09. The fourth-order valence-electron chi connectivity index (χ4n) is 0.555. The van der Waals surface area contributed by atoms with Gasteiger partial charge in [-0.3, -0.25) is 0 Å².